The van der Waals surface area contributed by atoms with Crippen molar-refractivity contribution >= 4 is 49.6 Å². The molecule has 3 aromatic rings. The highest BCUT2D eigenvalue weighted by atomic mass is 79.9. The molecule has 0 aliphatic carbocycles. The lowest BCUT2D eigenvalue weighted by molar-refractivity contribution is -0.124. The van der Waals surface area contributed by atoms with Gasteiger partial charge in [0.1, 0.15) is 5.75 Å². The molecule has 0 radical (unpaired) electrons. The Labute approximate surface area is 155 Å². The van der Waals surface area contributed by atoms with Crippen LogP contribution >= 0.6 is 38.6 Å². The summed E-state index contributed by atoms with van der Waals surface area (Å²) in [4.78, 5) is 18.4. The number of ether oxygens (including phenoxy) is 1. The van der Waals surface area contributed by atoms with E-state index in [1.165, 1.54) is 11.3 Å². The number of thiazole rings is 1. The highest BCUT2D eigenvalue weighted by molar-refractivity contribution is 9.09. The van der Waals surface area contributed by atoms with E-state index in [9.17, 15) is 4.79 Å². The first-order chi connectivity index (χ1) is 11.6. The molecule has 1 aromatic carbocycles. The summed E-state index contributed by atoms with van der Waals surface area (Å²) in [7, 11) is 0. The SMILES string of the molecule is Nc1nc(-c2ccc(CNC(=O)C(Br)Oc3ccccc3)s2)cs1. The third kappa shape index (κ3) is 4.34. The Hall–Kier alpha value is -1.90. The number of hydrogen-bond acceptors (Lipinski definition) is 6. The topological polar surface area (TPSA) is 77.2 Å². The van der Waals surface area contributed by atoms with Crippen molar-refractivity contribution in [2.24, 2.45) is 0 Å². The Morgan fingerprint density at radius 1 is 1.29 bits per heavy atom. The summed E-state index contributed by atoms with van der Waals surface area (Å²) >= 11 is 6.23. The Balaban J connectivity index is 1.53. The van der Waals surface area contributed by atoms with Crippen LogP contribution in [0.2, 0.25) is 0 Å². The average Bonchev–Trinajstić information content (AvgIpc) is 3.22. The number of hydrogen-bond donors (Lipinski definition) is 2. The molecule has 0 fully saturated rings. The number of nitrogens with two attached hydrogens (primary N) is 1. The summed E-state index contributed by atoms with van der Waals surface area (Å²) in [6.07, 6.45) is 0. The second-order valence-electron chi connectivity index (χ2n) is 4.80. The number of nitrogen functional groups attached to an aromatic ring is 1. The van der Waals surface area contributed by atoms with E-state index in [0.717, 1.165) is 15.4 Å². The fourth-order valence-corrected chi connectivity index (χ4v) is 3.86. The summed E-state index contributed by atoms with van der Waals surface area (Å²) in [5, 5.41) is 4.58. The molecule has 1 unspecified atom stereocenters. The molecule has 0 saturated heterocycles. The van der Waals surface area contributed by atoms with Crippen molar-refractivity contribution in [1.29, 1.82) is 0 Å². The normalized spacial score (nSPS) is 11.9. The Morgan fingerprint density at radius 3 is 2.79 bits per heavy atom. The van der Waals surface area contributed by atoms with E-state index in [2.05, 4.69) is 26.2 Å². The monoisotopic (exact) mass is 423 g/mol. The summed E-state index contributed by atoms with van der Waals surface area (Å²) in [5.41, 5.74) is 6.52. The summed E-state index contributed by atoms with van der Waals surface area (Å²) in [6.45, 7) is 0.434. The van der Waals surface area contributed by atoms with Gasteiger partial charge in [0.05, 0.1) is 17.1 Å². The van der Waals surface area contributed by atoms with Crippen molar-refractivity contribution in [3.63, 3.8) is 0 Å². The van der Waals surface area contributed by atoms with Gasteiger partial charge in [-0.3, -0.25) is 4.79 Å². The van der Waals surface area contributed by atoms with E-state index >= 15 is 0 Å². The van der Waals surface area contributed by atoms with Crippen LogP contribution in [-0.4, -0.2) is 15.9 Å². The number of halogens is 1. The fraction of sp³-hybridized carbons (Fsp3) is 0.125. The molecule has 1 atom stereocenters. The second kappa shape index (κ2) is 7.78. The molecule has 2 aromatic heterocycles. The van der Waals surface area contributed by atoms with Gasteiger partial charge in [-0.05, 0) is 40.2 Å². The van der Waals surface area contributed by atoms with Crippen molar-refractivity contribution in [3.8, 4) is 16.3 Å². The molecule has 5 nitrogen and oxygen atoms in total. The Bertz CT molecular complexity index is 820. The fourth-order valence-electron chi connectivity index (χ4n) is 1.94. The predicted octanol–water partition coefficient (Wildman–Crippen LogP) is 3.87. The molecule has 3 N–H and O–H groups in total. The van der Waals surface area contributed by atoms with E-state index in [0.29, 0.717) is 17.4 Å². The zero-order valence-electron chi connectivity index (χ0n) is 12.4. The van der Waals surface area contributed by atoms with Crippen LogP contribution in [0.15, 0.2) is 47.8 Å². The van der Waals surface area contributed by atoms with E-state index in [1.807, 2.05) is 35.7 Å². The molecule has 0 bridgehead atoms. The van der Waals surface area contributed by atoms with Gasteiger partial charge in [-0.1, -0.05) is 18.2 Å². The quantitative estimate of drug-likeness (QED) is 0.589. The van der Waals surface area contributed by atoms with Gasteiger partial charge in [0.15, 0.2) is 5.13 Å². The van der Waals surface area contributed by atoms with Crippen molar-refractivity contribution in [2.45, 2.75) is 11.6 Å². The van der Waals surface area contributed by atoms with E-state index in [-0.39, 0.29) is 5.91 Å². The van der Waals surface area contributed by atoms with Gasteiger partial charge in [-0.25, -0.2) is 4.98 Å². The van der Waals surface area contributed by atoms with Crippen molar-refractivity contribution < 1.29 is 9.53 Å². The minimum Gasteiger partial charge on any atom is -0.469 e. The van der Waals surface area contributed by atoms with Gasteiger partial charge < -0.3 is 15.8 Å². The third-order valence-electron chi connectivity index (χ3n) is 3.06. The largest absolute Gasteiger partial charge is 0.469 e. The number of rotatable bonds is 6. The Morgan fingerprint density at radius 2 is 2.08 bits per heavy atom. The highest BCUT2D eigenvalue weighted by Gasteiger charge is 2.16. The molecule has 0 saturated carbocycles. The molecular weight excluding hydrogens is 410 g/mol. The van der Waals surface area contributed by atoms with Crippen molar-refractivity contribution in [2.75, 3.05) is 5.73 Å². The first-order valence-electron chi connectivity index (χ1n) is 7.05. The molecule has 0 aliphatic heterocycles. The smallest absolute Gasteiger partial charge is 0.272 e. The van der Waals surface area contributed by atoms with E-state index < -0.39 is 5.01 Å². The molecule has 0 aliphatic rings. The van der Waals surface area contributed by atoms with Gasteiger partial charge in [0, 0.05) is 10.3 Å². The summed E-state index contributed by atoms with van der Waals surface area (Å²) in [6, 6.07) is 13.1. The lowest BCUT2D eigenvalue weighted by Gasteiger charge is -2.12. The average molecular weight is 424 g/mol. The lowest BCUT2D eigenvalue weighted by Crippen LogP contribution is -2.33. The summed E-state index contributed by atoms with van der Waals surface area (Å²) < 4.78 is 5.53. The van der Waals surface area contributed by atoms with Crippen LogP contribution in [0, 0.1) is 0 Å². The number of aromatic nitrogens is 1. The third-order valence-corrected chi connectivity index (χ3v) is 5.45. The van der Waals surface area contributed by atoms with Crippen LogP contribution in [-0.2, 0) is 11.3 Å². The van der Waals surface area contributed by atoms with Crippen LogP contribution in [0.4, 0.5) is 5.13 Å². The van der Waals surface area contributed by atoms with Crippen molar-refractivity contribution in [3.05, 3.63) is 52.7 Å². The van der Waals surface area contributed by atoms with E-state index in [4.69, 9.17) is 10.5 Å². The number of carbonyl (C=O) groups is 1. The zero-order valence-corrected chi connectivity index (χ0v) is 15.7. The first kappa shape index (κ1) is 16.9. The van der Waals surface area contributed by atoms with Crippen LogP contribution in [0.3, 0.4) is 0 Å². The molecule has 24 heavy (non-hydrogen) atoms. The number of nitrogens with one attached hydrogen (secondary N) is 1. The lowest BCUT2D eigenvalue weighted by atomic mass is 10.3. The maximum absolute atomic E-state index is 12.1. The number of amides is 1. The predicted molar refractivity (Wildman–Crippen MR) is 101 cm³/mol. The Kier molecular flexibility index (Phi) is 5.49. The van der Waals surface area contributed by atoms with Gasteiger partial charge in [-0.2, -0.15) is 0 Å². The first-order valence-corrected chi connectivity index (χ1v) is 9.66. The van der Waals surface area contributed by atoms with Crippen LogP contribution in [0.5, 0.6) is 5.75 Å². The number of alkyl halides is 1. The molecule has 2 heterocycles. The van der Waals surface area contributed by atoms with Gasteiger partial charge in [0.2, 0.25) is 5.01 Å². The minimum atomic E-state index is -0.738. The minimum absolute atomic E-state index is 0.230. The molecule has 0 spiro atoms. The van der Waals surface area contributed by atoms with Gasteiger partial charge >= 0.3 is 0 Å². The molecular formula is C16H14BrN3O2S2. The zero-order chi connectivity index (χ0) is 16.9. The van der Waals surface area contributed by atoms with Crippen LogP contribution in [0.25, 0.3) is 10.6 Å². The molecule has 3 rings (SSSR count). The molecule has 124 valence electrons. The van der Waals surface area contributed by atoms with Gasteiger partial charge in [-0.15, -0.1) is 22.7 Å². The van der Waals surface area contributed by atoms with Crippen LogP contribution < -0.4 is 15.8 Å². The summed E-state index contributed by atoms with van der Waals surface area (Å²) in [5.74, 6) is 0.403. The number of para-hydroxylation sites is 1. The number of nitrogens with zero attached hydrogens (tertiary/aromatic N) is 1. The van der Waals surface area contributed by atoms with Gasteiger partial charge in [0.25, 0.3) is 5.91 Å². The molecule has 1 amide bonds. The van der Waals surface area contributed by atoms with Crippen LogP contribution in [0.1, 0.15) is 4.88 Å². The standard InChI is InChI=1S/C16H14BrN3O2S2/c17-14(22-10-4-2-1-3-5-10)15(21)19-8-11-6-7-13(24-11)12-9-23-16(18)20-12/h1-7,9,14H,8H2,(H2,18,20)(H,19,21). The molecule has 8 heteroatoms. The van der Waals surface area contributed by atoms with E-state index in [1.54, 1.807) is 23.5 Å². The number of carbonyl (C=O) groups excluding carboxylic acids is 1. The second-order valence-corrected chi connectivity index (χ2v) is 7.69. The number of benzene rings is 1. The van der Waals surface area contributed by atoms with Crippen molar-refractivity contribution in [1.82, 2.24) is 10.3 Å². The highest BCUT2D eigenvalue weighted by Crippen LogP contribution is 2.29. The maximum atomic E-state index is 12.1. The number of thiophene rings is 1. The maximum Gasteiger partial charge on any atom is 0.272 e. The number of anilines is 1.